The van der Waals surface area contributed by atoms with Crippen LogP contribution in [0.5, 0.6) is 0 Å². The van der Waals surface area contributed by atoms with Crippen molar-refractivity contribution in [2.45, 2.75) is 0 Å². The molecule has 0 aliphatic heterocycles. The van der Waals surface area contributed by atoms with Crippen molar-refractivity contribution in [3.8, 4) is 55.6 Å². The molecular weight excluding hydrogens is 743 g/mol. The van der Waals surface area contributed by atoms with Crippen molar-refractivity contribution < 1.29 is 0 Å². The Balaban J connectivity index is 0.978. The van der Waals surface area contributed by atoms with Gasteiger partial charge in [0.15, 0.2) is 0 Å². The Kier molecular flexibility index (Phi) is 9.11. The monoisotopic (exact) mass is 781 g/mol. The van der Waals surface area contributed by atoms with Gasteiger partial charge in [-0.15, -0.1) is 11.3 Å². The maximum absolute atomic E-state index is 2.40. The van der Waals surface area contributed by atoms with Gasteiger partial charge in [0.05, 0.1) is 5.69 Å². The Morgan fingerprint density at radius 1 is 0.267 bits per heavy atom. The minimum atomic E-state index is 1.09. The molecule has 0 bridgehead atoms. The lowest BCUT2D eigenvalue weighted by atomic mass is 9.96. The second kappa shape index (κ2) is 15.3. The summed E-state index contributed by atoms with van der Waals surface area (Å²) in [4.78, 5) is 2.40. The van der Waals surface area contributed by atoms with Gasteiger partial charge < -0.3 is 4.90 Å². The van der Waals surface area contributed by atoms with Gasteiger partial charge in [0.2, 0.25) is 0 Å². The summed E-state index contributed by atoms with van der Waals surface area (Å²) in [6.07, 6.45) is 0. The molecule has 1 nitrogen and oxygen atoms in total. The van der Waals surface area contributed by atoms with Gasteiger partial charge in [0.1, 0.15) is 0 Å². The lowest BCUT2D eigenvalue weighted by molar-refractivity contribution is 1.28. The molecule has 0 saturated heterocycles. The molecule has 0 unspecified atom stereocenters. The standard InChI is InChI=1S/C58H39NS/c1-2-11-40(12-3-1)42-21-24-45(25-22-42)53-17-6-8-19-56(53)59(52-34-29-44(30-35-52)50-31-36-58-55(39-50)54-18-7-9-20-57(54)60-58)51-32-27-43(28-33-51)47-15-10-16-48(37-47)49-26-23-41-13-4-5-14-46(41)38-49/h1-39H. The summed E-state index contributed by atoms with van der Waals surface area (Å²) in [7, 11) is 0. The van der Waals surface area contributed by atoms with Crippen molar-refractivity contribution in [3.05, 3.63) is 237 Å². The van der Waals surface area contributed by atoms with Crippen molar-refractivity contribution in [2.75, 3.05) is 4.90 Å². The highest BCUT2D eigenvalue weighted by Gasteiger charge is 2.18. The summed E-state index contributed by atoms with van der Waals surface area (Å²) in [5.41, 5.74) is 15.3. The maximum atomic E-state index is 2.40. The number of thiophene rings is 1. The predicted octanol–water partition coefficient (Wildman–Crippen LogP) is 17.0. The highest BCUT2D eigenvalue weighted by molar-refractivity contribution is 7.25. The number of nitrogens with zero attached hydrogens (tertiary/aromatic N) is 1. The van der Waals surface area contributed by atoms with E-state index < -0.39 is 0 Å². The third-order valence-electron chi connectivity index (χ3n) is 11.7. The first-order valence-electron chi connectivity index (χ1n) is 20.5. The minimum absolute atomic E-state index is 1.09. The van der Waals surface area contributed by atoms with E-state index in [1.165, 1.54) is 86.6 Å². The van der Waals surface area contributed by atoms with Crippen LogP contribution in [0.1, 0.15) is 0 Å². The largest absolute Gasteiger partial charge is 0.310 e. The Hall–Kier alpha value is -7.52. The molecule has 0 N–H and O–H groups in total. The second-order valence-electron chi connectivity index (χ2n) is 15.3. The molecule has 0 radical (unpaired) electrons. The average molecular weight is 782 g/mol. The molecule has 11 aromatic rings. The molecule has 282 valence electrons. The molecule has 11 rings (SSSR count). The van der Waals surface area contributed by atoms with Gasteiger partial charge >= 0.3 is 0 Å². The van der Waals surface area contributed by atoms with Gasteiger partial charge in [-0.25, -0.2) is 0 Å². The van der Waals surface area contributed by atoms with Crippen LogP contribution in [0.25, 0.3) is 86.6 Å². The molecule has 0 aliphatic carbocycles. The van der Waals surface area contributed by atoms with Crippen LogP contribution in [-0.2, 0) is 0 Å². The Bertz CT molecular complexity index is 3290. The van der Waals surface area contributed by atoms with Gasteiger partial charge in [-0.2, -0.15) is 0 Å². The van der Waals surface area contributed by atoms with Crippen LogP contribution in [0.3, 0.4) is 0 Å². The first-order chi connectivity index (χ1) is 29.7. The van der Waals surface area contributed by atoms with Crippen LogP contribution >= 0.6 is 11.3 Å². The number of rotatable bonds is 8. The fourth-order valence-corrected chi connectivity index (χ4v) is 9.66. The van der Waals surface area contributed by atoms with Crippen molar-refractivity contribution in [3.63, 3.8) is 0 Å². The van der Waals surface area contributed by atoms with Gasteiger partial charge in [-0.1, -0.05) is 176 Å². The van der Waals surface area contributed by atoms with Crippen molar-refractivity contribution in [1.29, 1.82) is 0 Å². The predicted molar refractivity (Wildman–Crippen MR) is 259 cm³/mol. The van der Waals surface area contributed by atoms with Crippen LogP contribution in [0.4, 0.5) is 17.1 Å². The summed E-state index contributed by atoms with van der Waals surface area (Å²) in [5, 5.41) is 5.14. The highest BCUT2D eigenvalue weighted by atomic mass is 32.1. The van der Waals surface area contributed by atoms with E-state index in [1.54, 1.807) is 0 Å². The summed E-state index contributed by atoms with van der Waals surface area (Å²) in [6.45, 7) is 0. The van der Waals surface area contributed by atoms with Gasteiger partial charge in [0.25, 0.3) is 0 Å². The molecule has 1 heterocycles. The lowest BCUT2D eigenvalue weighted by Gasteiger charge is -2.28. The van der Waals surface area contributed by atoms with Gasteiger partial charge in [-0.3, -0.25) is 0 Å². The number of fused-ring (bicyclic) bond motifs is 4. The number of hydrogen-bond acceptors (Lipinski definition) is 2. The van der Waals surface area contributed by atoms with Crippen LogP contribution < -0.4 is 4.90 Å². The topological polar surface area (TPSA) is 3.24 Å². The SMILES string of the molecule is c1ccc(-c2ccc(-c3ccccc3N(c3ccc(-c4cccc(-c5ccc6ccccc6c5)c4)cc3)c3ccc(-c4ccc5sc6ccccc6c5c4)cc3)cc2)cc1. The number of anilines is 3. The van der Waals surface area contributed by atoms with Crippen LogP contribution in [0, 0.1) is 0 Å². The zero-order valence-corrected chi connectivity index (χ0v) is 33.7. The summed E-state index contributed by atoms with van der Waals surface area (Å²) >= 11 is 1.86. The molecule has 60 heavy (non-hydrogen) atoms. The van der Waals surface area contributed by atoms with Crippen molar-refractivity contribution >= 4 is 59.3 Å². The zero-order chi connectivity index (χ0) is 39.8. The fraction of sp³-hybridized carbons (Fsp3) is 0. The Morgan fingerprint density at radius 3 is 1.52 bits per heavy atom. The first kappa shape index (κ1) is 35.6. The second-order valence-corrected chi connectivity index (χ2v) is 16.4. The molecule has 0 atom stereocenters. The number of benzene rings is 10. The van der Waals surface area contributed by atoms with E-state index in [4.69, 9.17) is 0 Å². The molecule has 10 aromatic carbocycles. The average Bonchev–Trinajstić information content (AvgIpc) is 3.71. The van der Waals surface area contributed by atoms with Crippen LogP contribution in [-0.4, -0.2) is 0 Å². The quantitative estimate of drug-likeness (QED) is 0.148. The van der Waals surface area contributed by atoms with E-state index in [2.05, 4.69) is 241 Å². The zero-order valence-electron chi connectivity index (χ0n) is 32.9. The third-order valence-corrected chi connectivity index (χ3v) is 12.8. The van der Waals surface area contributed by atoms with Gasteiger partial charge in [0, 0.05) is 37.1 Å². The van der Waals surface area contributed by atoms with E-state index in [9.17, 15) is 0 Å². The first-order valence-corrected chi connectivity index (χ1v) is 21.3. The molecule has 0 aliphatic rings. The van der Waals surface area contributed by atoms with Crippen LogP contribution in [0.2, 0.25) is 0 Å². The van der Waals surface area contributed by atoms with Gasteiger partial charge in [-0.05, 0) is 122 Å². The van der Waals surface area contributed by atoms with E-state index in [0.29, 0.717) is 0 Å². The number of para-hydroxylation sites is 1. The molecule has 0 fully saturated rings. The highest BCUT2D eigenvalue weighted by Crippen LogP contribution is 2.43. The molecule has 0 amide bonds. The molecule has 0 saturated carbocycles. The third kappa shape index (κ3) is 6.73. The Labute approximate surface area is 354 Å². The van der Waals surface area contributed by atoms with Crippen molar-refractivity contribution in [2.24, 2.45) is 0 Å². The Morgan fingerprint density at radius 2 is 0.750 bits per heavy atom. The molecule has 0 spiro atoms. The van der Waals surface area contributed by atoms with E-state index in [0.717, 1.165) is 17.1 Å². The molecular formula is C58H39NS. The van der Waals surface area contributed by atoms with Crippen LogP contribution in [0.15, 0.2) is 237 Å². The van der Waals surface area contributed by atoms with E-state index >= 15 is 0 Å². The fourth-order valence-electron chi connectivity index (χ4n) is 8.57. The summed E-state index contributed by atoms with van der Waals surface area (Å²) < 4.78 is 2.65. The van der Waals surface area contributed by atoms with Crippen molar-refractivity contribution in [1.82, 2.24) is 0 Å². The smallest absolute Gasteiger partial charge is 0.0540 e. The normalized spacial score (nSPS) is 11.3. The maximum Gasteiger partial charge on any atom is 0.0540 e. The molecule has 2 heteroatoms. The summed E-state index contributed by atoms with van der Waals surface area (Å²) in [5.74, 6) is 0. The molecule has 1 aromatic heterocycles. The number of hydrogen-bond donors (Lipinski definition) is 0. The van der Waals surface area contributed by atoms with E-state index in [-0.39, 0.29) is 0 Å². The van der Waals surface area contributed by atoms with E-state index in [1.807, 2.05) is 11.3 Å². The lowest BCUT2D eigenvalue weighted by Crippen LogP contribution is -2.11. The minimum Gasteiger partial charge on any atom is -0.310 e. The summed E-state index contributed by atoms with van der Waals surface area (Å²) in [6, 6.07) is 86.2.